The van der Waals surface area contributed by atoms with E-state index in [0.717, 1.165) is 48.7 Å². The van der Waals surface area contributed by atoms with Crippen molar-refractivity contribution in [2.24, 2.45) is 0 Å². The molecule has 0 unspecified atom stereocenters. The van der Waals surface area contributed by atoms with Crippen molar-refractivity contribution in [3.63, 3.8) is 0 Å². The summed E-state index contributed by atoms with van der Waals surface area (Å²) in [6.07, 6.45) is 0.640. The molecule has 0 bridgehead atoms. The highest BCUT2D eigenvalue weighted by Gasteiger charge is 2.34. The number of anilines is 2. The summed E-state index contributed by atoms with van der Waals surface area (Å²) >= 11 is 0. The van der Waals surface area contributed by atoms with Crippen LogP contribution in [0.15, 0.2) is 42.5 Å². The molecule has 1 aliphatic carbocycles. The number of nitrogens with one attached hydrogen (secondary N) is 1. The summed E-state index contributed by atoms with van der Waals surface area (Å²) < 4.78 is 0. The van der Waals surface area contributed by atoms with Gasteiger partial charge in [0.1, 0.15) is 0 Å². The zero-order valence-corrected chi connectivity index (χ0v) is 17.0. The fourth-order valence-electron chi connectivity index (χ4n) is 4.55. The average Bonchev–Trinajstić information content (AvgIpc) is 2.73. The first-order valence-corrected chi connectivity index (χ1v) is 10.2. The maximum atomic E-state index is 11.5. The molecule has 2 N–H and O–H groups in total. The van der Waals surface area contributed by atoms with Crippen LogP contribution in [0.5, 0.6) is 0 Å². The Morgan fingerprint density at radius 2 is 1.83 bits per heavy atom. The molecule has 1 amide bonds. The number of nitrogens with zero attached hydrogens (tertiary/aromatic N) is 3. The van der Waals surface area contributed by atoms with Crippen molar-refractivity contribution in [2.45, 2.75) is 31.9 Å². The number of hydrogen-bond donors (Lipinski definition) is 2. The highest BCUT2D eigenvalue weighted by atomic mass is 16.6. The summed E-state index contributed by atoms with van der Waals surface area (Å²) in [7, 11) is 0. The van der Waals surface area contributed by atoms with Crippen LogP contribution < -0.4 is 10.2 Å². The second-order valence-electron chi connectivity index (χ2n) is 7.97. The van der Waals surface area contributed by atoms with E-state index in [1.807, 2.05) is 24.3 Å². The van der Waals surface area contributed by atoms with E-state index in [4.69, 9.17) is 0 Å². The first-order valence-electron chi connectivity index (χ1n) is 10.2. The molecular weight excluding hydrogens is 384 g/mol. The zero-order chi connectivity index (χ0) is 21.3. The number of carbonyl (C=O) groups excluding carboxylic acids is 1. The maximum absolute atomic E-state index is 11.5. The Kier molecular flexibility index (Phi) is 5.69. The molecule has 0 spiro atoms. The topological polar surface area (TPSA) is 99.0 Å². The fraction of sp³-hybridized carbons (Fsp3) is 0.409. The number of non-ortho nitro benzene ring substituents is 1. The molecule has 1 saturated heterocycles. The van der Waals surface area contributed by atoms with Gasteiger partial charge in [0.15, 0.2) is 0 Å². The van der Waals surface area contributed by atoms with Crippen molar-refractivity contribution in [1.29, 1.82) is 0 Å². The molecule has 0 saturated carbocycles. The molecule has 2 aromatic carbocycles. The van der Waals surface area contributed by atoms with Gasteiger partial charge in [-0.1, -0.05) is 18.2 Å². The number of hydrogen-bond acceptors (Lipinski definition) is 6. The Balaban J connectivity index is 1.45. The summed E-state index contributed by atoms with van der Waals surface area (Å²) in [6.45, 7) is 4.62. The number of fused-ring (bicyclic) bond motifs is 1. The predicted molar refractivity (Wildman–Crippen MR) is 115 cm³/mol. The van der Waals surface area contributed by atoms with E-state index in [1.165, 1.54) is 13.0 Å². The third-order valence-corrected chi connectivity index (χ3v) is 6.04. The highest BCUT2D eigenvalue weighted by Crippen LogP contribution is 2.31. The minimum Gasteiger partial charge on any atom is -0.391 e. The smallest absolute Gasteiger partial charge is 0.269 e. The standard InChI is InChI=1S/C22H26N4O4/c1-15(27)23-19-4-2-3-5-20(19)24-8-10-25(11-9-24)21-13-17-12-18(26(29)30)7-6-16(17)14-22(21)28/h2-7,12,21-22,28H,8-11,13-14H2,1H3,(H,23,27)/t21-,22-/m0/s1. The number of nitro benzene ring substituents is 1. The van der Waals surface area contributed by atoms with E-state index in [1.54, 1.807) is 12.1 Å². The second kappa shape index (κ2) is 8.41. The van der Waals surface area contributed by atoms with Crippen LogP contribution >= 0.6 is 0 Å². The van der Waals surface area contributed by atoms with Crippen molar-refractivity contribution >= 4 is 23.0 Å². The quantitative estimate of drug-likeness (QED) is 0.592. The molecule has 8 nitrogen and oxygen atoms in total. The Morgan fingerprint density at radius 1 is 1.10 bits per heavy atom. The maximum Gasteiger partial charge on any atom is 0.269 e. The minimum atomic E-state index is -0.489. The molecule has 158 valence electrons. The van der Waals surface area contributed by atoms with Crippen LogP contribution in [-0.4, -0.2) is 59.2 Å². The van der Waals surface area contributed by atoms with Gasteiger partial charge in [-0.2, -0.15) is 0 Å². The van der Waals surface area contributed by atoms with Gasteiger partial charge in [0, 0.05) is 57.7 Å². The lowest BCUT2D eigenvalue weighted by Crippen LogP contribution is -2.56. The van der Waals surface area contributed by atoms with E-state index < -0.39 is 6.10 Å². The van der Waals surface area contributed by atoms with Gasteiger partial charge in [-0.3, -0.25) is 19.8 Å². The second-order valence-corrected chi connectivity index (χ2v) is 7.97. The third-order valence-electron chi connectivity index (χ3n) is 6.04. The Labute approximate surface area is 175 Å². The van der Waals surface area contributed by atoms with Gasteiger partial charge < -0.3 is 15.3 Å². The van der Waals surface area contributed by atoms with Crippen LogP contribution in [0.4, 0.5) is 17.1 Å². The lowest BCUT2D eigenvalue weighted by molar-refractivity contribution is -0.385. The van der Waals surface area contributed by atoms with E-state index in [-0.39, 0.29) is 22.6 Å². The molecule has 4 rings (SSSR count). The molecule has 30 heavy (non-hydrogen) atoms. The Bertz CT molecular complexity index is 956. The molecular formula is C22H26N4O4. The molecule has 0 aromatic heterocycles. The number of carbonyl (C=O) groups is 1. The van der Waals surface area contributed by atoms with Crippen LogP contribution in [0.2, 0.25) is 0 Å². The molecule has 0 radical (unpaired) electrons. The largest absolute Gasteiger partial charge is 0.391 e. The van der Waals surface area contributed by atoms with E-state index in [0.29, 0.717) is 12.8 Å². The number of aliphatic hydroxyl groups is 1. The fourth-order valence-corrected chi connectivity index (χ4v) is 4.55. The summed E-state index contributed by atoms with van der Waals surface area (Å²) in [6, 6.07) is 12.6. The molecule has 2 aliphatic rings. The Hall–Kier alpha value is -2.97. The van der Waals surface area contributed by atoms with Gasteiger partial charge in [-0.25, -0.2) is 0 Å². The lowest BCUT2D eigenvalue weighted by atomic mass is 9.85. The lowest BCUT2D eigenvalue weighted by Gasteiger charge is -2.44. The molecule has 8 heteroatoms. The van der Waals surface area contributed by atoms with Crippen molar-refractivity contribution in [2.75, 3.05) is 36.4 Å². The van der Waals surface area contributed by atoms with Crippen molar-refractivity contribution < 1.29 is 14.8 Å². The van der Waals surface area contributed by atoms with Crippen LogP contribution in [0.1, 0.15) is 18.1 Å². The SMILES string of the molecule is CC(=O)Nc1ccccc1N1CCN([C@H]2Cc3cc([N+](=O)[O-])ccc3C[C@@H]2O)CC1. The van der Waals surface area contributed by atoms with Crippen molar-refractivity contribution in [1.82, 2.24) is 4.90 Å². The average molecular weight is 410 g/mol. The molecule has 1 aliphatic heterocycles. The van der Waals surface area contributed by atoms with Gasteiger partial charge in [0.2, 0.25) is 5.91 Å². The van der Waals surface area contributed by atoms with Crippen molar-refractivity contribution in [3.05, 3.63) is 63.7 Å². The van der Waals surface area contributed by atoms with Gasteiger partial charge in [-0.15, -0.1) is 0 Å². The first kappa shape index (κ1) is 20.3. The Morgan fingerprint density at radius 3 is 2.53 bits per heavy atom. The molecule has 2 aromatic rings. The highest BCUT2D eigenvalue weighted by molar-refractivity contribution is 5.92. The zero-order valence-electron chi connectivity index (χ0n) is 17.0. The predicted octanol–water partition coefficient (Wildman–Crippen LogP) is 2.20. The molecule has 2 atom stereocenters. The van der Waals surface area contributed by atoms with Crippen LogP contribution in [0, 0.1) is 10.1 Å². The normalized spacial score (nSPS) is 21.7. The minimum absolute atomic E-state index is 0.0488. The first-order chi connectivity index (χ1) is 14.4. The van der Waals surface area contributed by atoms with E-state index in [2.05, 4.69) is 15.1 Å². The van der Waals surface area contributed by atoms with Crippen LogP contribution in [-0.2, 0) is 17.6 Å². The van der Waals surface area contributed by atoms with Gasteiger partial charge in [0.05, 0.1) is 22.4 Å². The monoisotopic (exact) mass is 410 g/mol. The van der Waals surface area contributed by atoms with Crippen molar-refractivity contribution in [3.8, 4) is 0 Å². The van der Waals surface area contributed by atoms with E-state index in [9.17, 15) is 20.0 Å². The third kappa shape index (κ3) is 4.15. The van der Waals surface area contributed by atoms with Crippen LogP contribution in [0.3, 0.4) is 0 Å². The van der Waals surface area contributed by atoms with E-state index >= 15 is 0 Å². The van der Waals surface area contributed by atoms with Gasteiger partial charge >= 0.3 is 0 Å². The number of nitro groups is 1. The van der Waals surface area contributed by atoms with Gasteiger partial charge in [-0.05, 0) is 29.7 Å². The number of benzene rings is 2. The summed E-state index contributed by atoms with van der Waals surface area (Å²) in [5, 5.41) is 24.7. The number of rotatable bonds is 4. The summed E-state index contributed by atoms with van der Waals surface area (Å²) in [5.74, 6) is -0.0980. The van der Waals surface area contributed by atoms with Gasteiger partial charge in [0.25, 0.3) is 5.69 Å². The van der Waals surface area contributed by atoms with Crippen LogP contribution in [0.25, 0.3) is 0 Å². The number of aliphatic hydroxyl groups excluding tert-OH is 1. The molecule has 1 heterocycles. The number of amides is 1. The summed E-state index contributed by atoms with van der Waals surface area (Å²) in [4.78, 5) is 26.8. The number of piperazine rings is 1. The number of para-hydroxylation sites is 2. The summed E-state index contributed by atoms with van der Waals surface area (Å²) in [5.41, 5.74) is 3.85. The molecule has 1 fully saturated rings.